The van der Waals surface area contributed by atoms with E-state index in [4.69, 9.17) is 0 Å². The quantitative estimate of drug-likeness (QED) is 0.714. The molecule has 1 N–H and O–H groups in total. The van der Waals surface area contributed by atoms with E-state index in [1.807, 2.05) is 0 Å². The van der Waals surface area contributed by atoms with Crippen LogP contribution in [0.5, 0.6) is 0 Å². The third-order valence-corrected chi connectivity index (χ3v) is 3.51. The second-order valence-electron chi connectivity index (χ2n) is 5.51. The summed E-state index contributed by atoms with van der Waals surface area (Å²) < 4.78 is 0. The van der Waals surface area contributed by atoms with Crippen LogP contribution in [-0.2, 0) is 0 Å². The van der Waals surface area contributed by atoms with Gasteiger partial charge in [-0.15, -0.1) is 0 Å². The maximum atomic E-state index is 12.3. The summed E-state index contributed by atoms with van der Waals surface area (Å²) >= 11 is 0. The van der Waals surface area contributed by atoms with Crippen molar-refractivity contribution in [3.63, 3.8) is 0 Å². The fraction of sp³-hybridized carbons (Fsp3) is 0.588. The lowest BCUT2D eigenvalue weighted by Gasteiger charge is -2.16. The van der Waals surface area contributed by atoms with Crippen LogP contribution in [0.4, 0.5) is 0 Å². The zero-order valence-electron chi connectivity index (χ0n) is 13.9. The average molecular weight is 305 g/mol. The number of amides is 2. The Morgan fingerprint density at radius 2 is 1.77 bits per heavy atom. The van der Waals surface area contributed by atoms with Crippen molar-refractivity contribution in [2.24, 2.45) is 0 Å². The van der Waals surface area contributed by atoms with Crippen LogP contribution in [0.2, 0.25) is 0 Å². The van der Waals surface area contributed by atoms with Gasteiger partial charge in [0.05, 0.1) is 11.1 Å². The maximum absolute atomic E-state index is 12.3. The van der Waals surface area contributed by atoms with E-state index in [0.717, 1.165) is 32.1 Å². The highest BCUT2D eigenvalue weighted by molar-refractivity contribution is 5.99. The predicted octanol–water partition coefficient (Wildman–Crippen LogP) is 2.87. The van der Waals surface area contributed by atoms with E-state index in [2.05, 4.69) is 24.1 Å². The first-order valence-corrected chi connectivity index (χ1v) is 8.08. The molecular formula is C17H27N3O2. The second kappa shape index (κ2) is 9.92. The number of hydrogen-bond acceptors (Lipinski definition) is 3. The molecule has 1 rings (SSSR count). The van der Waals surface area contributed by atoms with Gasteiger partial charge in [-0.25, -0.2) is 0 Å². The van der Waals surface area contributed by atoms with Gasteiger partial charge in [0.25, 0.3) is 11.8 Å². The molecule has 0 saturated heterocycles. The molecule has 122 valence electrons. The van der Waals surface area contributed by atoms with Gasteiger partial charge in [0.15, 0.2) is 0 Å². The molecule has 0 spiro atoms. The number of nitrogens with one attached hydrogen (secondary N) is 1. The van der Waals surface area contributed by atoms with Gasteiger partial charge in [0.1, 0.15) is 0 Å². The highest BCUT2D eigenvalue weighted by Crippen LogP contribution is 2.07. The molecule has 1 heterocycles. The van der Waals surface area contributed by atoms with Crippen LogP contribution < -0.4 is 5.32 Å². The Balaban J connectivity index is 2.64. The van der Waals surface area contributed by atoms with Crippen LogP contribution in [-0.4, -0.2) is 41.8 Å². The Hall–Kier alpha value is -1.91. The molecular weight excluding hydrogens is 278 g/mol. The zero-order chi connectivity index (χ0) is 16.4. The third-order valence-electron chi connectivity index (χ3n) is 3.51. The molecule has 0 aliphatic carbocycles. The van der Waals surface area contributed by atoms with E-state index in [9.17, 15) is 9.59 Å². The fourth-order valence-corrected chi connectivity index (χ4v) is 2.08. The molecule has 5 nitrogen and oxygen atoms in total. The lowest BCUT2D eigenvalue weighted by molar-refractivity contribution is 0.0793. The largest absolute Gasteiger partial charge is 0.352 e. The monoisotopic (exact) mass is 305 g/mol. The summed E-state index contributed by atoms with van der Waals surface area (Å²) in [7, 11) is 1.77. The fourth-order valence-electron chi connectivity index (χ4n) is 2.08. The van der Waals surface area contributed by atoms with Crippen LogP contribution in [0, 0.1) is 0 Å². The third kappa shape index (κ3) is 5.84. The van der Waals surface area contributed by atoms with Crippen molar-refractivity contribution >= 4 is 11.8 Å². The van der Waals surface area contributed by atoms with E-state index < -0.39 is 0 Å². The van der Waals surface area contributed by atoms with Crippen molar-refractivity contribution in [1.29, 1.82) is 0 Å². The van der Waals surface area contributed by atoms with Crippen molar-refractivity contribution in [1.82, 2.24) is 15.2 Å². The number of rotatable bonds is 9. The number of aromatic nitrogens is 1. The van der Waals surface area contributed by atoms with Crippen molar-refractivity contribution in [3.05, 3.63) is 29.6 Å². The van der Waals surface area contributed by atoms with Gasteiger partial charge in [0, 0.05) is 32.5 Å². The number of pyridine rings is 1. The summed E-state index contributed by atoms with van der Waals surface area (Å²) in [6.45, 7) is 5.57. The number of carbonyl (C=O) groups excluding carboxylic acids is 2. The molecule has 0 aliphatic rings. The molecule has 5 heteroatoms. The van der Waals surface area contributed by atoms with E-state index in [1.165, 1.54) is 12.4 Å². The number of carbonyl (C=O) groups is 2. The van der Waals surface area contributed by atoms with Gasteiger partial charge in [-0.1, -0.05) is 33.1 Å². The molecule has 0 radical (unpaired) electrons. The summed E-state index contributed by atoms with van der Waals surface area (Å²) in [5.41, 5.74) is 0.894. The van der Waals surface area contributed by atoms with Gasteiger partial charge in [-0.3, -0.25) is 14.6 Å². The Morgan fingerprint density at radius 1 is 1.09 bits per heavy atom. The van der Waals surface area contributed by atoms with Gasteiger partial charge in [-0.2, -0.15) is 0 Å². The summed E-state index contributed by atoms with van der Waals surface area (Å²) in [4.78, 5) is 30.0. The van der Waals surface area contributed by atoms with Crippen LogP contribution in [0.3, 0.4) is 0 Å². The number of nitrogens with zero attached hydrogens (tertiary/aromatic N) is 2. The number of unbranched alkanes of at least 4 members (excludes halogenated alkanes) is 3. The maximum Gasteiger partial charge on any atom is 0.255 e. The average Bonchev–Trinajstić information content (AvgIpc) is 2.55. The normalized spacial score (nSPS) is 10.3. The summed E-state index contributed by atoms with van der Waals surface area (Å²) in [5, 5.41) is 2.86. The molecule has 0 aromatic carbocycles. The van der Waals surface area contributed by atoms with Gasteiger partial charge in [0.2, 0.25) is 0 Å². The van der Waals surface area contributed by atoms with Crippen LogP contribution in [0.15, 0.2) is 18.5 Å². The van der Waals surface area contributed by atoms with Crippen molar-refractivity contribution < 1.29 is 9.59 Å². The molecule has 0 aliphatic heterocycles. The van der Waals surface area contributed by atoms with Crippen LogP contribution in [0.1, 0.15) is 66.7 Å². The molecule has 1 aromatic heterocycles. The smallest absolute Gasteiger partial charge is 0.255 e. The first kappa shape index (κ1) is 18.1. The minimum Gasteiger partial charge on any atom is -0.352 e. The molecule has 2 amide bonds. The minimum absolute atomic E-state index is 0.0958. The summed E-state index contributed by atoms with van der Waals surface area (Å²) in [6, 6.07) is 1.62. The van der Waals surface area contributed by atoms with E-state index in [0.29, 0.717) is 24.2 Å². The molecule has 0 fully saturated rings. The van der Waals surface area contributed by atoms with Gasteiger partial charge >= 0.3 is 0 Å². The first-order valence-electron chi connectivity index (χ1n) is 8.08. The number of hydrogen-bond donors (Lipinski definition) is 1. The van der Waals surface area contributed by atoms with Gasteiger partial charge < -0.3 is 10.2 Å². The van der Waals surface area contributed by atoms with E-state index in [1.54, 1.807) is 18.0 Å². The predicted molar refractivity (Wildman–Crippen MR) is 88.0 cm³/mol. The van der Waals surface area contributed by atoms with Crippen molar-refractivity contribution in [2.45, 2.75) is 46.0 Å². The lowest BCUT2D eigenvalue weighted by Crippen LogP contribution is -2.29. The minimum atomic E-state index is -0.172. The molecule has 22 heavy (non-hydrogen) atoms. The van der Waals surface area contributed by atoms with Crippen molar-refractivity contribution in [3.8, 4) is 0 Å². The Kier molecular flexibility index (Phi) is 8.18. The zero-order valence-corrected chi connectivity index (χ0v) is 13.9. The highest BCUT2D eigenvalue weighted by atomic mass is 16.2. The first-order chi connectivity index (χ1) is 10.6. The molecule has 0 unspecified atom stereocenters. The second-order valence-corrected chi connectivity index (χ2v) is 5.51. The molecule has 0 bridgehead atoms. The van der Waals surface area contributed by atoms with Gasteiger partial charge in [-0.05, 0) is 18.9 Å². The highest BCUT2D eigenvalue weighted by Gasteiger charge is 2.14. The summed E-state index contributed by atoms with van der Waals surface area (Å²) in [6.07, 6.45) is 8.19. The Morgan fingerprint density at radius 3 is 2.45 bits per heavy atom. The standard InChI is InChI=1S/C17H27N3O2/c1-4-6-8-9-19-16(21)14-11-15(13-18-12-14)17(22)20(3)10-7-5-2/h11-13H,4-10H2,1-3H3,(H,19,21). The van der Waals surface area contributed by atoms with Crippen LogP contribution in [0.25, 0.3) is 0 Å². The van der Waals surface area contributed by atoms with E-state index >= 15 is 0 Å². The topological polar surface area (TPSA) is 62.3 Å². The Labute approximate surface area is 133 Å². The molecule has 0 atom stereocenters. The van der Waals surface area contributed by atoms with Crippen molar-refractivity contribution in [2.75, 3.05) is 20.1 Å². The molecule has 1 aromatic rings. The van der Waals surface area contributed by atoms with Crippen LogP contribution >= 0.6 is 0 Å². The lowest BCUT2D eigenvalue weighted by atomic mass is 10.1. The SMILES string of the molecule is CCCCCNC(=O)c1cncc(C(=O)N(C)CCCC)c1. The van der Waals surface area contributed by atoms with E-state index in [-0.39, 0.29) is 11.8 Å². The Bertz CT molecular complexity index is 489. The molecule has 0 saturated carbocycles. The summed E-state index contributed by atoms with van der Waals surface area (Å²) in [5.74, 6) is -0.268.